The van der Waals surface area contributed by atoms with Gasteiger partial charge in [-0.3, -0.25) is 9.59 Å². The summed E-state index contributed by atoms with van der Waals surface area (Å²) >= 11 is 0. The maximum atomic E-state index is 12.8. The fourth-order valence-corrected chi connectivity index (χ4v) is 3.92. The third-order valence-electron chi connectivity index (χ3n) is 5.98. The molecule has 1 fully saturated rings. The third-order valence-corrected chi connectivity index (χ3v) is 5.98. The number of carbonyl (C=O) groups is 2. The molecule has 2 aliphatic heterocycles. The van der Waals surface area contributed by atoms with Crippen LogP contribution in [0.15, 0.2) is 41.6 Å². The zero-order valence-corrected chi connectivity index (χ0v) is 19.0. The number of nitrogens with one attached hydrogen (secondary N) is 1. The van der Waals surface area contributed by atoms with Gasteiger partial charge in [-0.25, -0.2) is 9.99 Å². The number of carbonyl (C=O) groups excluding carboxylic acids is 2. The van der Waals surface area contributed by atoms with Crippen molar-refractivity contribution in [2.75, 3.05) is 43.1 Å². The quantitative estimate of drug-likeness (QED) is 0.781. The highest BCUT2D eigenvalue weighted by atomic mass is 16.2. The van der Waals surface area contributed by atoms with Crippen LogP contribution in [-0.4, -0.2) is 60.6 Å². The van der Waals surface area contributed by atoms with E-state index in [0.717, 1.165) is 54.4 Å². The number of piperazine rings is 1. The summed E-state index contributed by atoms with van der Waals surface area (Å²) in [6.45, 7) is 8.21. The fourth-order valence-electron chi connectivity index (χ4n) is 3.92. The smallest absolute Gasteiger partial charge is 0.267 e. The minimum atomic E-state index is -0.245. The Morgan fingerprint density at radius 2 is 1.84 bits per heavy atom. The lowest BCUT2D eigenvalue weighted by Crippen LogP contribution is -2.44. The van der Waals surface area contributed by atoms with Crippen LogP contribution in [0.25, 0.3) is 0 Å². The second-order valence-electron chi connectivity index (χ2n) is 8.54. The highest BCUT2D eigenvalue weighted by Gasteiger charge is 2.26. The van der Waals surface area contributed by atoms with Gasteiger partial charge in [0.25, 0.3) is 5.91 Å². The van der Waals surface area contributed by atoms with Crippen LogP contribution >= 0.6 is 0 Å². The molecule has 3 heterocycles. The van der Waals surface area contributed by atoms with E-state index in [0.29, 0.717) is 18.7 Å². The number of aromatic nitrogens is 1. The van der Waals surface area contributed by atoms with E-state index in [2.05, 4.69) is 32.2 Å². The van der Waals surface area contributed by atoms with Gasteiger partial charge >= 0.3 is 0 Å². The number of hydrazone groups is 1. The molecular weight excluding hydrogens is 404 g/mol. The second kappa shape index (κ2) is 9.48. The summed E-state index contributed by atoms with van der Waals surface area (Å²) in [5.74, 6) is 0.596. The first kappa shape index (κ1) is 22.0. The van der Waals surface area contributed by atoms with Crippen molar-refractivity contribution in [1.29, 1.82) is 0 Å². The SMILES string of the molecule is Cc1ccc(C)c(N2N=C(C(=O)NCc3ccnc(N4CCN(C)CC4)c3)CCC2=O)c1. The maximum absolute atomic E-state index is 12.8. The van der Waals surface area contributed by atoms with E-state index in [1.165, 1.54) is 5.01 Å². The molecule has 4 rings (SSSR count). The van der Waals surface area contributed by atoms with Gasteiger partial charge in [0.2, 0.25) is 5.91 Å². The summed E-state index contributed by atoms with van der Waals surface area (Å²) in [5, 5.41) is 8.74. The number of hydrogen-bond donors (Lipinski definition) is 1. The minimum absolute atomic E-state index is 0.0961. The molecule has 1 saturated heterocycles. The van der Waals surface area contributed by atoms with Crippen LogP contribution in [0.3, 0.4) is 0 Å². The summed E-state index contributed by atoms with van der Waals surface area (Å²) < 4.78 is 0. The van der Waals surface area contributed by atoms with Crippen LogP contribution in [0.1, 0.15) is 29.5 Å². The molecule has 168 valence electrons. The van der Waals surface area contributed by atoms with Crippen molar-refractivity contribution < 1.29 is 9.59 Å². The van der Waals surface area contributed by atoms with Gasteiger partial charge in [0.05, 0.1) is 5.69 Å². The van der Waals surface area contributed by atoms with Crippen molar-refractivity contribution in [2.45, 2.75) is 33.2 Å². The fraction of sp³-hybridized carbons (Fsp3) is 0.417. The monoisotopic (exact) mass is 434 g/mol. The molecule has 0 atom stereocenters. The summed E-state index contributed by atoms with van der Waals surface area (Å²) in [5.41, 5.74) is 4.08. The number of pyridine rings is 1. The highest BCUT2D eigenvalue weighted by Crippen LogP contribution is 2.25. The Bertz CT molecular complexity index is 1040. The number of benzene rings is 1. The molecule has 32 heavy (non-hydrogen) atoms. The summed E-state index contributed by atoms with van der Waals surface area (Å²) in [7, 11) is 2.12. The van der Waals surface area contributed by atoms with E-state index in [4.69, 9.17) is 0 Å². The molecule has 8 heteroatoms. The highest BCUT2D eigenvalue weighted by molar-refractivity contribution is 6.40. The van der Waals surface area contributed by atoms with Gasteiger partial charge < -0.3 is 15.1 Å². The Morgan fingerprint density at radius 3 is 2.62 bits per heavy atom. The molecule has 0 spiro atoms. The molecule has 2 aliphatic rings. The molecule has 0 bridgehead atoms. The Kier molecular flexibility index (Phi) is 6.50. The standard InChI is InChI=1S/C24H30N6O2/c1-17-4-5-18(2)21(14-17)30-23(31)7-6-20(27-30)24(32)26-16-19-8-9-25-22(15-19)29-12-10-28(3)11-13-29/h4-5,8-9,14-15H,6-7,10-13,16H2,1-3H3,(H,26,32). The average molecular weight is 435 g/mol. The minimum Gasteiger partial charge on any atom is -0.354 e. The first-order chi connectivity index (χ1) is 15.4. The largest absolute Gasteiger partial charge is 0.354 e. The first-order valence-corrected chi connectivity index (χ1v) is 11.0. The predicted octanol–water partition coefficient (Wildman–Crippen LogP) is 2.25. The van der Waals surface area contributed by atoms with E-state index in [1.54, 1.807) is 6.20 Å². The number of aryl methyl sites for hydroxylation is 2. The normalized spacial score (nSPS) is 17.3. The molecule has 0 radical (unpaired) electrons. The molecule has 1 aromatic heterocycles. The van der Waals surface area contributed by atoms with Crippen LogP contribution in [-0.2, 0) is 16.1 Å². The molecule has 2 amide bonds. The lowest BCUT2D eigenvalue weighted by Gasteiger charge is -2.33. The van der Waals surface area contributed by atoms with Crippen molar-refractivity contribution in [2.24, 2.45) is 5.10 Å². The Morgan fingerprint density at radius 1 is 1.06 bits per heavy atom. The zero-order chi connectivity index (χ0) is 22.7. The van der Waals surface area contributed by atoms with E-state index >= 15 is 0 Å². The van der Waals surface area contributed by atoms with E-state index < -0.39 is 0 Å². The van der Waals surface area contributed by atoms with Crippen molar-refractivity contribution in [3.63, 3.8) is 0 Å². The Labute approximate surface area is 188 Å². The zero-order valence-electron chi connectivity index (χ0n) is 19.0. The van der Waals surface area contributed by atoms with Gasteiger partial charge in [0.15, 0.2) is 0 Å². The molecule has 0 unspecified atom stereocenters. The van der Waals surface area contributed by atoms with E-state index in [-0.39, 0.29) is 18.2 Å². The molecule has 1 aromatic carbocycles. The molecule has 1 N–H and O–H groups in total. The lowest BCUT2D eigenvalue weighted by atomic mass is 10.1. The van der Waals surface area contributed by atoms with Crippen LogP contribution in [0.5, 0.6) is 0 Å². The van der Waals surface area contributed by atoms with Crippen LogP contribution in [0, 0.1) is 13.8 Å². The topological polar surface area (TPSA) is 81.1 Å². The summed E-state index contributed by atoms with van der Waals surface area (Å²) in [4.78, 5) is 34.4. The van der Waals surface area contributed by atoms with Gasteiger partial charge in [-0.15, -0.1) is 0 Å². The van der Waals surface area contributed by atoms with E-state index in [9.17, 15) is 9.59 Å². The molecule has 0 aliphatic carbocycles. The Balaban J connectivity index is 1.43. The Hall–Kier alpha value is -3.26. The van der Waals surface area contributed by atoms with Crippen LogP contribution < -0.4 is 15.2 Å². The van der Waals surface area contributed by atoms with Crippen LogP contribution in [0.2, 0.25) is 0 Å². The predicted molar refractivity (Wildman–Crippen MR) is 126 cm³/mol. The summed E-state index contributed by atoms with van der Waals surface area (Å²) in [6, 6.07) is 9.82. The van der Waals surface area contributed by atoms with Gasteiger partial charge in [-0.05, 0) is 55.8 Å². The first-order valence-electron chi connectivity index (χ1n) is 11.0. The number of likely N-dealkylation sites (N-methyl/N-ethyl adjacent to an activating group) is 1. The number of nitrogens with zero attached hydrogens (tertiary/aromatic N) is 5. The molecule has 0 saturated carbocycles. The van der Waals surface area contributed by atoms with E-state index in [1.807, 2.05) is 44.2 Å². The summed E-state index contributed by atoms with van der Waals surface area (Å²) in [6.07, 6.45) is 2.39. The third kappa shape index (κ3) is 4.96. The lowest BCUT2D eigenvalue weighted by molar-refractivity contribution is -0.119. The van der Waals surface area contributed by atoms with Crippen LogP contribution in [0.4, 0.5) is 11.5 Å². The molecule has 8 nitrogen and oxygen atoms in total. The van der Waals surface area contributed by atoms with Gasteiger partial charge in [-0.2, -0.15) is 5.10 Å². The van der Waals surface area contributed by atoms with Crippen molar-refractivity contribution >= 4 is 29.0 Å². The number of rotatable bonds is 5. The van der Waals surface area contributed by atoms with Crippen molar-refractivity contribution in [3.8, 4) is 0 Å². The van der Waals surface area contributed by atoms with Crippen molar-refractivity contribution in [3.05, 3.63) is 53.2 Å². The van der Waals surface area contributed by atoms with Crippen molar-refractivity contribution in [1.82, 2.24) is 15.2 Å². The van der Waals surface area contributed by atoms with Gasteiger partial charge in [0, 0.05) is 51.8 Å². The number of amides is 2. The average Bonchev–Trinajstić information content (AvgIpc) is 2.80. The number of anilines is 2. The van der Waals surface area contributed by atoms with Gasteiger partial charge in [0.1, 0.15) is 11.5 Å². The van der Waals surface area contributed by atoms with Gasteiger partial charge in [-0.1, -0.05) is 12.1 Å². The number of hydrogen-bond acceptors (Lipinski definition) is 6. The maximum Gasteiger partial charge on any atom is 0.267 e. The second-order valence-corrected chi connectivity index (χ2v) is 8.54. The molecular formula is C24H30N6O2. The molecule has 2 aromatic rings.